The summed E-state index contributed by atoms with van der Waals surface area (Å²) in [5.41, 5.74) is 3.59. The van der Waals surface area contributed by atoms with Gasteiger partial charge in [0.1, 0.15) is 5.82 Å². The smallest absolute Gasteiger partial charge is 0.126 e. The highest BCUT2D eigenvalue weighted by atomic mass is 19.1. The molecule has 0 radical (unpaired) electrons. The van der Waals surface area contributed by atoms with Crippen LogP contribution in [0.15, 0.2) is 30.4 Å². The minimum absolute atomic E-state index is 0.116. The second-order valence-electron chi connectivity index (χ2n) is 6.17. The first-order valence-electron chi connectivity index (χ1n) is 7.46. The SMILES string of the molecule is C=C(C)CNCC1(CC)CC1.Cc1ccc(C)c(F)c1. The van der Waals surface area contributed by atoms with E-state index in [1.165, 1.54) is 37.4 Å². The van der Waals surface area contributed by atoms with Gasteiger partial charge in [0.05, 0.1) is 0 Å². The molecule has 1 aromatic carbocycles. The number of hydrogen-bond acceptors (Lipinski definition) is 1. The second-order valence-corrected chi connectivity index (χ2v) is 6.17. The van der Waals surface area contributed by atoms with E-state index in [0.29, 0.717) is 11.0 Å². The number of nitrogens with one attached hydrogen (secondary N) is 1. The molecule has 0 saturated heterocycles. The molecule has 0 bridgehead atoms. The van der Waals surface area contributed by atoms with Gasteiger partial charge < -0.3 is 5.32 Å². The van der Waals surface area contributed by atoms with Crippen LogP contribution in [0.5, 0.6) is 0 Å². The fourth-order valence-corrected chi connectivity index (χ4v) is 2.07. The molecule has 2 rings (SSSR count). The lowest BCUT2D eigenvalue weighted by Crippen LogP contribution is -2.24. The standard InChI is InChI=1S/C10H19N.C8H9F/c1-4-10(5-6-10)8-11-7-9(2)3;1-6-3-4-7(2)8(9)5-6/h11H,2,4-8H2,1,3H3;3-5H,1-2H3. The number of hydrogen-bond donors (Lipinski definition) is 1. The highest BCUT2D eigenvalue weighted by Gasteiger charge is 2.39. The molecule has 20 heavy (non-hydrogen) atoms. The molecule has 1 fully saturated rings. The number of rotatable bonds is 5. The molecule has 2 heteroatoms. The third-order valence-electron chi connectivity index (χ3n) is 3.96. The summed E-state index contributed by atoms with van der Waals surface area (Å²) in [4.78, 5) is 0. The van der Waals surface area contributed by atoms with Crippen molar-refractivity contribution >= 4 is 0 Å². The average Bonchev–Trinajstić information content (AvgIpc) is 3.15. The van der Waals surface area contributed by atoms with E-state index in [2.05, 4.69) is 25.7 Å². The van der Waals surface area contributed by atoms with Crippen molar-refractivity contribution in [2.45, 2.75) is 47.0 Å². The molecule has 1 aromatic rings. The predicted molar refractivity (Wildman–Crippen MR) is 85.5 cm³/mol. The molecule has 1 saturated carbocycles. The molecule has 0 aliphatic heterocycles. The van der Waals surface area contributed by atoms with Crippen LogP contribution in [0.4, 0.5) is 4.39 Å². The minimum Gasteiger partial charge on any atom is -0.312 e. The summed E-state index contributed by atoms with van der Waals surface area (Å²) in [7, 11) is 0. The van der Waals surface area contributed by atoms with Gasteiger partial charge in [-0.2, -0.15) is 0 Å². The maximum Gasteiger partial charge on any atom is 0.126 e. The number of aryl methyl sites for hydroxylation is 2. The van der Waals surface area contributed by atoms with Gasteiger partial charge in [0.25, 0.3) is 0 Å². The van der Waals surface area contributed by atoms with Gasteiger partial charge >= 0.3 is 0 Å². The van der Waals surface area contributed by atoms with Crippen molar-refractivity contribution in [3.05, 3.63) is 47.3 Å². The van der Waals surface area contributed by atoms with E-state index in [0.717, 1.165) is 12.1 Å². The summed E-state index contributed by atoms with van der Waals surface area (Å²) >= 11 is 0. The Labute approximate surface area is 123 Å². The summed E-state index contributed by atoms with van der Waals surface area (Å²) in [5, 5.41) is 3.44. The van der Waals surface area contributed by atoms with Crippen LogP contribution in [0.1, 0.15) is 44.2 Å². The molecule has 0 aromatic heterocycles. The van der Waals surface area contributed by atoms with Crippen molar-refractivity contribution in [3.63, 3.8) is 0 Å². The van der Waals surface area contributed by atoms with Gasteiger partial charge in [-0.25, -0.2) is 4.39 Å². The third-order valence-corrected chi connectivity index (χ3v) is 3.96. The van der Waals surface area contributed by atoms with Crippen LogP contribution >= 0.6 is 0 Å². The van der Waals surface area contributed by atoms with E-state index in [9.17, 15) is 4.39 Å². The summed E-state index contributed by atoms with van der Waals surface area (Å²) in [5.74, 6) is -0.116. The van der Waals surface area contributed by atoms with Gasteiger partial charge in [0, 0.05) is 13.1 Å². The minimum atomic E-state index is -0.116. The van der Waals surface area contributed by atoms with Gasteiger partial charge in [-0.05, 0) is 62.6 Å². The summed E-state index contributed by atoms with van der Waals surface area (Å²) in [6.07, 6.45) is 4.18. The molecule has 1 aliphatic carbocycles. The molecular formula is C18H28FN. The highest BCUT2D eigenvalue weighted by molar-refractivity contribution is 5.21. The maximum atomic E-state index is 12.6. The van der Waals surface area contributed by atoms with Crippen LogP contribution in [-0.4, -0.2) is 13.1 Å². The van der Waals surface area contributed by atoms with Crippen molar-refractivity contribution in [1.29, 1.82) is 0 Å². The van der Waals surface area contributed by atoms with Crippen LogP contribution in [0.3, 0.4) is 0 Å². The van der Waals surface area contributed by atoms with E-state index in [4.69, 9.17) is 0 Å². The Kier molecular flexibility index (Phi) is 6.41. The molecular weight excluding hydrogens is 249 g/mol. The van der Waals surface area contributed by atoms with E-state index >= 15 is 0 Å². The van der Waals surface area contributed by atoms with Crippen molar-refractivity contribution in [3.8, 4) is 0 Å². The van der Waals surface area contributed by atoms with Gasteiger partial charge in [0.15, 0.2) is 0 Å². The Balaban J connectivity index is 0.000000204. The van der Waals surface area contributed by atoms with Crippen molar-refractivity contribution < 1.29 is 4.39 Å². The largest absolute Gasteiger partial charge is 0.312 e. The third kappa shape index (κ3) is 5.87. The Morgan fingerprint density at radius 1 is 1.35 bits per heavy atom. The maximum absolute atomic E-state index is 12.6. The summed E-state index contributed by atoms with van der Waals surface area (Å²) in [6.45, 7) is 14.0. The van der Waals surface area contributed by atoms with E-state index in [-0.39, 0.29) is 5.82 Å². The quantitative estimate of drug-likeness (QED) is 0.763. The lowest BCUT2D eigenvalue weighted by atomic mass is 10.0. The molecule has 0 atom stereocenters. The number of benzene rings is 1. The Hall–Kier alpha value is -1.15. The second kappa shape index (κ2) is 7.58. The van der Waals surface area contributed by atoms with Crippen LogP contribution in [0.25, 0.3) is 0 Å². The number of halogens is 1. The van der Waals surface area contributed by atoms with E-state index in [1.54, 1.807) is 13.0 Å². The molecule has 0 unspecified atom stereocenters. The van der Waals surface area contributed by atoms with Crippen molar-refractivity contribution in [1.82, 2.24) is 5.32 Å². The van der Waals surface area contributed by atoms with Crippen LogP contribution in [0, 0.1) is 25.1 Å². The molecule has 1 N–H and O–H groups in total. The van der Waals surface area contributed by atoms with Crippen molar-refractivity contribution in [2.24, 2.45) is 5.41 Å². The van der Waals surface area contributed by atoms with Crippen molar-refractivity contribution in [2.75, 3.05) is 13.1 Å². The van der Waals surface area contributed by atoms with Gasteiger partial charge in [-0.1, -0.05) is 31.2 Å². The molecule has 0 spiro atoms. The van der Waals surface area contributed by atoms with E-state index in [1.807, 2.05) is 13.0 Å². The normalized spacial score (nSPS) is 15.2. The average molecular weight is 277 g/mol. The fourth-order valence-electron chi connectivity index (χ4n) is 2.07. The zero-order valence-electron chi connectivity index (χ0n) is 13.4. The Morgan fingerprint density at radius 2 is 2.00 bits per heavy atom. The van der Waals surface area contributed by atoms with E-state index < -0.39 is 0 Å². The molecule has 1 nitrogen and oxygen atoms in total. The van der Waals surface area contributed by atoms with Gasteiger partial charge in [-0.3, -0.25) is 0 Å². The first-order chi connectivity index (χ1) is 9.38. The van der Waals surface area contributed by atoms with Gasteiger partial charge in [0.2, 0.25) is 0 Å². The first kappa shape index (κ1) is 16.9. The van der Waals surface area contributed by atoms with Crippen LogP contribution < -0.4 is 5.32 Å². The zero-order chi connectivity index (χ0) is 15.2. The fraction of sp³-hybridized carbons (Fsp3) is 0.556. The lowest BCUT2D eigenvalue weighted by molar-refractivity contribution is 0.454. The molecule has 0 heterocycles. The topological polar surface area (TPSA) is 12.0 Å². The van der Waals surface area contributed by atoms with Crippen LogP contribution in [-0.2, 0) is 0 Å². The highest BCUT2D eigenvalue weighted by Crippen LogP contribution is 2.47. The zero-order valence-corrected chi connectivity index (χ0v) is 13.4. The summed E-state index contributed by atoms with van der Waals surface area (Å²) < 4.78 is 12.6. The monoisotopic (exact) mass is 277 g/mol. The lowest BCUT2D eigenvalue weighted by Gasteiger charge is -2.12. The molecule has 112 valence electrons. The predicted octanol–water partition coefficient (Wildman–Crippen LogP) is 4.78. The first-order valence-corrected chi connectivity index (χ1v) is 7.46. The molecule has 1 aliphatic rings. The van der Waals surface area contributed by atoms with Crippen LogP contribution in [0.2, 0.25) is 0 Å². The Bertz CT molecular complexity index is 447. The molecule has 0 amide bonds. The Morgan fingerprint density at radius 3 is 2.40 bits per heavy atom. The van der Waals surface area contributed by atoms with Gasteiger partial charge in [-0.15, -0.1) is 0 Å². The summed E-state index contributed by atoms with van der Waals surface area (Å²) in [6, 6.07) is 5.22.